The number of carbonyl (C=O) groups excluding carboxylic acids is 1. The molecule has 1 aliphatic heterocycles. The SMILES string of the molecule is COc1cc(Cl)c(C)cc1NC(=O)c1cncc(N2CCOCC2)c1. The third-order valence-electron chi connectivity index (χ3n) is 4.09. The highest BCUT2D eigenvalue weighted by molar-refractivity contribution is 6.31. The summed E-state index contributed by atoms with van der Waals surface area (Å²) in [5.74, 6) is 0.267. The molecule has 1 amide bonds. The minimum atomic E-state index is -0.248. The molecule has 6 nitrogen and oxygen atoms in total. The Bertz CT molecular complexity index is 776. The van der Waals surface area contributed by atoms with E-state index in [0.29, 0.717) is 35.2 Å². The first kappa shape index (κ1) is 17.5. The van der Waals surface area contributed by atoms with E-state index < -0.39 is 0 Å². The van der Waals surface area contributed by atoms with Crippen molar-refractivity contribution < 1.29 is 14.3 Å². The van der Waals surface area contributed by atoms with Crippen LogP contribution in [0.25, 0.3) is 0 Å². The van der Waals surface area contributed by atoms with E-state index in [2.05, 4.69) is 15.2 Å². The van der Waals surface area contributed by atoms with E-state index in [-0.39, 0.29) is 5.91 Å². The number of hydrogen-bond donors (Lipinski definition) is 1. The molecular weight excluding hydrogens is 342 g/mol. The monoisotopic (exact) mass is 361 g/mol. The van der Waals surface area contributed by atoms with Gasteiger partial charge in [0.25, 0.3) is 5.91 Å². The molecule has 1 saturated heterocycles. The summed E-state index contributed by atoms with van der Waals surface area (Å²) in [7, 11) is 1.54. The summed E-state index contributed by atoms with van der Waals surface area (Å²) in [6.07, 6.45) is 3.31. The van der Waals surface area contributed by atoms with Crippen LogP contribution in [0, 0.1) is 6.92 Å². The van der Waals surface area contributed by atoms with Crippen molar-refractivity contribution in [1.29, 1.82) is 0 Å². The van der Waals surface area contributed by atoms with Crippen molar-refractivity contribution in [3.05, 3.63) is 46.7 Å². The molecule has 2 heterocycles. The van der Waals surface area contributed by atoms with Crippen LogP contribution in [-0.4, -0.2) is 44.3 Å². The number of rotatable bonds is 4. The predicted octanol–water partition coefficient (Wildman–Crippen LogP) is 3.14. The van der Waals surface area contributed by atoms with Crippen LogP contribution >= 0.6 is 11.6 Å². The van der Waals surface area contributed by atoms with Crippen molar-refractivity contribution >= 4 is 28.9 Å². The van der Waals surface area contributed by atoms with Gasteiger partial charge in [0, 0.05) is 30.4 Å². The Balaban J connectivity index is 1.81. The Morgan fingerprint density at radius 2 is 2.04 bits per heavy atom. The average molecular weight is 362 g/mol. The van der Waals surface area contributed by atoms with Gasteiger partial charge in [-0.1, -0.05) is 11.6 Å². The number of halogens is 1. The molecule has 1 N–H and O–H groups in total. The average Bonchev–Trinajstić information content (AvgIpc) is 2.65. The highest BCUT2D eigenvalue weighted by Gasteiger charge is 2.16. The van der Waals surface area contributed by atoms with Crippen molar-refractivity contribution in [2.24, 2.45) is 0 Å². The fraction of sp³-hybridized carbons (Fsp3) is 0.333. The molecule has 0 bridgehead atoms. The molecule has 0 aliphatic carbocycles. The zero-order chi connectivity index (χ0) is 17.8. The van der Waals surface area contributed by atoms with Crippen molar-refractivity contribution in [2.75, 3.05) is 43.6 Å². The topological polar surface area (TPSA) is 63.7 Å². The molecule has 2 aromatic rings. The van der Waals surface area contributed by atoms with Crippen molar-refractivity contribution in [3.63, 3.8) is 0 Å². The zero-order valence-corrected chi connectivity index (χ0v) is 15.0. The zero-order valence-electron chi connectivity index (χ0n) is 14.2. The molecule has 0 radical (unpaired) electrons. The highest BCUT2D eigenvalue weighted by Crippen LogP contribution is 2.31. The number of aryl methyl sites for hydroxylation is 1. The van der Waals surface area contributed by atoms with Crippen molar-refractivity contribution in [2.45, 2.75) is 6.92 Å². The third kappa shape index (κ3) is 4.03. The second kappa shape index (κ2) is 7.72. The predicted molar refractivity (Wildman–Crippen MR) is 98.0 cm³/mol. The van der Waals surface area contributed by atoms with Crippen LogP contribution in [0.1, 0.15) is 15.9 Å². The molecular formula is C18H20ClN3O3. The first-order valence-corrected chi connectivity index (χ1v) is 8.39. The van der Waals surface area contributed by atoms with E-state index in [1.807, 2.05) is 13.0 Å². The summed E-state index contributed by atoms with van der Waals surface area (Å²) in [6.45, 7) is 4.81. The number of nitrogens with one attached hydrogen (secondary N) is 1. The van der Waals surface area contributed by atoms with Crippen LogP contribution in [0.5, 0.6) is 5.75 Å². The van der Waals surface area contributed by atoms with Gasteiger partial charge in [-0.25, -0.2) is 0 Å². The maximum Gasteiger partial charge on any atom is 0.257 e. The number of morpholine rings is 1. The van der Waals surface area contributed by atoms with Crippen LogP contribution in [0.3, 0.4) is 0 Å². The molecule has 1 fully saturated rings. The Morgan fingerprint density at radius 3 is 2.76 bits per heavy atom. The van der Waals surface area contributed by atoms with Gasteiger partial charge in [-0.05, 0) is 24.6 Å². The van der Waals surface area contributed by atoms with Gasteiger partial charge >= 0.3 is 0 Å². The van der Waals surface area contributed by atoms with Gasteiger partial charge in [-0.15, -0.1) is 0 Å². The van der Waals surface area contributed by atoms with Gasteiger partial charge in [-0.3, -0.25) is 9.78 Å². The third-order valence-corrected chi connectivity index (χ3v) is 4.50. The summed E-state index contributed by atoms with van der Waals surface area (Å²) in [5, 5.41) is 3.46. The quantitative estimate of drug-likeness (QED) is 0.906. The first-order valence-electron chi connectivity index (χ1n) is 8.01. The smallest absolute Gasteiger partial charge is 0.257 e. The normalized spacial score (nSPS) is 14.3. The van der Waals surface area contributed by atoms with Crippen LogP contribution in [0.15, 0.2) is 30.6 Å². The van der Waals surface area contributed by atoms with Gasteiger partial charge in [0.1, 0.15) is 5.75 Å². The fourth-order valence-electron chi connectivity index (χ4n) is 2.67. The van der Waals surface area contributed by atoms with Gasteiger partial charge in [-0.2, -0.15) is 0 Å². The molecule has 0 spiro atoms. The lowest BCUT2D eigenvalue weighted by Crippen LogP contribution is -2.36. The summed E-state index contributed by atoms with van der Waals surface area (Å²) < 4.78 is 10.7. The highest BCUT2D eigenvalue weighted by atomic mass is 35.5. The van der Waals surface area contributed by atoms with E-state index in [1.54, 1.807) is 24.5 Å². The maximum atomic E-state index is 12.6. The molecule has 0 unspecified atom stereocenters. The largest absolute Gasteiger partial charge is 0.495 e. The molecule has 25 heavy (non-hydrogen) atoms. The summed E-state index contributed by atoms with van der Waals surface area (Å²) in [5.41, 5.74) is 2.83. The van der Waals surface area contributed by atoms with Crippen LogP contribution in [-0.2, 0) is 4.74 Å². The number of amides is 1. The molecule has 3 rings (SSSR count). The van der Waals surface area contributed by atoms with Gasteiger partial charge in [0.2, 0.25) is 0 Å². The van der Waals surface area contributed by atoms with Crippen molar-refractivity contribution in [1.82, 2.24) is 4.98 Å². The van der Waals surface area contributed by atoms with Gasteiger partial charge in [0.15, 0.2) is 0 Å². The van der Waals surface area contributed by atoms with Gasteiger partial charge in [0.05, 0.1) is 43.5 Å². The number of hydrogen-bond acceptors (Lipinski definition) is 5. The number of benzene rings is 1. The lowest BCUT2D eigenvalue weighted by molar-refractivity contribution is 0.102. The van der Waals surface area contributed by atoms with E-state index in [9.17, 15) is 4.79 Å². The fourth-order valence-corrected chi connectivity index (χ4v) is 2.82. The van der Waals surface area contributed by atoms with Gasteiger partial charge < -0.3 is 19.7 Å². The van der Waals surface area contributed by atoms with Crippen molar-refractivity contribution in [3.8, 4) is 5.75 Å². The summed E-state index contributed by atoms with van der Waals surface area (Å²) in [6, 6.07) is 5.32. The maximum absolute atomic E-state index is 12.6. The number of nitrogens with zero attached hydrogens (tertiary/aromatic N) is 2. The van der Waals surface area contributed by atoms with E-state index in [0.717, 1.165) is 24.3 Å². The Kier molecular flexibility index (Phi) is 5.40. The molecule has 7 heteroatoms. The standard InChI is InChI=1S/C18H20ClN3O3/c1-12-7-16(17(24-2)9-15(12)19)21-18(23)13-8-14(11-20-10-13)22-3-5-25-6-4-22/h7-11H,3-6H2,1-2H3,(H,21,23). The van der Waals surface area contributed by atoms with E-state index in [4.69, 9.17) is 21.1 Å². The van der Waals surface area contributed by atoms with Crippen LogP contribution in [0.4, 0.5) is 11.4 Å². The number of carbonyl (C=O) groups is 1. The lowest BCUT2D eigenvalue weighted by atomic mass is 10.2. The number of ether oxygens (including phenoxy) is 2. The molecule has 0 saturated carbocycles. The molecule has 132 valence electrons. The second-order valence-corrected chi connectivity index (χ2v) is 6.19. The Labute approximate surface area is 151 Å². The first-order chi connectivity index (χ1) is 12.1. The summed E-state index contributed by atoms with van der Waals surface area (Å²) >= 11 is 6.11. The number of pyridine rings is 1. The number of methoxy groups -OCH3 is 1. The number of aromatic nitrogens is 1. The molecule has 1 aliphatic rings. The van der Waals surface area contributed by atoms with E-state index >= 15 is 0 Å². The minimum absolute atomic E-state index is 0.248. The molecule has 1 aromatic carbocycles. The Hall–Kier alpha value is -2.31. The van der Waals surface area contributed by atoms with Crippen LogP contribution in [0.2, 0.25) is 5.02 Å². The van der Waals surface area contributed by atoms with E-state index in [1.165, 1.54) is 7.11 Å². The van der Waals surface area contributed by atoms with Crippen LogP contribution < -0.4 is 15.0 Å². The molecule has 1 aromatic heterocycles. The molecule has 0 atom stereocenters. The Morgan fingerprint density at radius 1 is 1.28 bits per heavy atom. The minimum Gasteiger partial charge on any atom is -0.495 e. The summed E-state index contributed by atoms with van der Waals surface area (Å²) in [4.78, 5) is 19.0. The number of anilines is 2. The lowest BCUT2D eigenvalue weighted by Gasteiger charge is -2.28. The second-order valence-electron chi connectivity index (χ2n) is 5.79.